The van der Waals surface area contributed by atoms with Crippen molar-refractivity contribution in [3.8, 4) is 0 Å². The highest BCUT2D eigenvalue weighted by molar-refractivity contribution is 14.1. The number of aryl methyl sites for hydroxylation is 3. The summed E-state index contributed by atoms with van der Waals surface area (Å²) in [6.45, 7) is 2.13. The molecule has 0 spiro atoms. The first-order valence-electron chi connectivity index (χ1n) is 9.29. The first-order chi connectivity index (χ1) is 11.6. The van der Waals surface area contributed by atoms with Gasteiger partial charge in [0.1, 0.15) is 3.70 Å². The van der Waals surface area contributed by atoms with Crippen molar-refractivity contribution in [2.24, 2.45) is 14.1 Å². The van der Waals surface area contributed by atoms with Gasteiger partial charge in [0.15, 0.2) is 0 Å². The standard InChI is InChI=1S/C10H16N2.C9H13IN2/c1-8-9-6-4-3-5-7-10(9)12(2)11-8;1-12-8-6-4-2-3-5-7(8)9(10)11-12/h3-7H2,1-2H3;2-6H2,1H3. The number of fused-ring (bicyclic) bond motifs is 2. The summed E-state index contributed by atoms with van der Waals surface area (Å²) in [5.74, 6) is 0. The molecule has 0 fully saturated rings. The second-order valence-corrected chi connectivity index (χ2v) is 8.12. The average molecular weight is 440 g/mol. The molecule has 5 heteroatoms. The number of aromatic nitrogens is 4. The number of hydrogen-bond donors (Lipinski definition) is 0. The number of hydrogen-bond acceptors (Lipinski definition) is 2. The van der Waals surface area contributed by atoms with E-state index in [0.29, 0.717) is 0 Å². The fraction of sp³-hybridized carbons (Fsp3) is 0.684. The zero-order valence-electron chi connectivity index (χ0n) is 15.2. The lowest BCUT2D eigenvalue weighted by Crippen LogP contribution is -1.98. The fourth-order valence-corrected chi connectivity index (χ4v) is 4.96. The maximum atomic E-state index is 4.45. The first-order valence-corrected chi connectivity index (χ1v) is 10.4. The predicted octanol–water partition coefficient (Wildman–Crippen LogP) is 4.29. The van der Waals surface area contributed by atoms with E-state index in [9.17, 15) is 0 Å². The van der Waals surface area contributed by atoms with E-state index in [4.69, 9.17) is 0 Å². The maximum Gasteiger partial charge on any atom is 0.126 e. The van der Waals surface area contributed by atoms with Gasteiger partial charge < -0.3 is 0 Å². The molecule has 2 aliphatic carbocycles. The van der Waals surface area contributed by atoms with Gasteiger partial charge in [0.05, 0.1) is 5.69 Å². The van der Waals surface area contributed by atoms with Crippen molar-refractivity contribution >= 4 is 22.6 Å². The molecule has 0 amide bonds. The smallest absolute Gasteiger partial charge is 0.126 e. The highest BCUT2D eigenvalue weighted by atomic mass is 127. The Morgan fingerprint density at radius 1 is 0.708 bits per heavy atom. The minimum Gasteiger partial charge on any atom is -0.272 e. The van der Waals surface area contributed by atoms with Gasteiger partial charge in [0, 0.05) is 31.0 Å². The zero-order valence-corrected chi connectivity index (χ0v) is 17.4. The lowest BCUT2D eigenvalue weighted by Gasteiger charge is -1.99. The lowest BCUT2D eigenvalue weighted by atomic mass is 10.1. The molecule has 24 heavy (non-hydrogen) atoms. The molecule has 4 nitrogen and oxygen atoms in total. The highest BCUT2D eigenvalue weighted by Gasteiger charge is 2.16. The van der Waals surface area contributed by atoms with Crippen LogP contribution in [0.5, 0.6) is 0 Å². The van der Waals surface area contributed by atoms with Crippen LogP contribution in [0.15, 0.2) is 0 Å². The monoisotopic (exact) mass is 440 g/mol. The lowest BCUT2D eigenvalue weighted by molar-refractivity contribution is 0.657. The molecule has 2 aromatic rings. The van der Waals surface area contributed by atoms with Crippen molar-refractivity contribution in [3.05, 3.63) is 31.9 Å². The minimum atomic E-state index is 1.21. The topological polar surface area (TPSA) is 35.6 Å². The van der Waals surface area contributed by atoms with Crippen LogP contribution in [0.2, 0.25) is 0 Å². The van der Waals surface area contributed by atoms with Crippen LogP contribution in [0.1, 0.15) is 66.7 Å². The molecule has 0 aromatic carbocycles. The molecular weight excluding hydrogens is 411 g/mol. The number of halogens is 1. The van der Waals surface area contributed by atoms with Gasteiger partial charge in [-0.15, -0.1) is 0 Å². The Bertz CT molecular complexity index is 586. The summed E-state index contributed by atoms with van der Waals surface area (Å²) in [5.41, 5.74) is 7.22. The van der Waals surface area contributed by atoms with Crippen molar-refractivity contribution in [1.29, 1.82) is 0 Å². The van der Waals surface area contributed by atoms with Crippen molar-refractivity contribution in [3.63, 3.8) is 0 Å². The van der Waals surface area contributed by atoms with Gasteiger partial charge >= 0.3 is 0 Å². The van der Waals surface area contributed by atoms with E-state index in [1.165, 1.54) is 96.1 Å². The van der Waals surface area contributed by atoms with Crippen molar-refractivity contribution < 1.29 is 0 Å². The minimum absolute atomic E-state index is 1.21. The second kappa shape index (κ2) is 8.02. The SMILES string of the molecule is Cc1nn(C)c2c1CCCCC2.Cn1nc(I)c2c1CCCCC2. The molecule has 0 unspecified atom stereocenters. The van der Waals surface area contributed by atoms with Crippen LogP contribution in [0.4, 0.5) is 0 Å². The molecule has 4 rings (SSSR count). The van der Waals surface area contributed by atoms with E-state index in [0.717, 1.165) is 0 Å². The molecule has 0 bridgehead atoms. The van der Waals surface area contributed by atoms with E-state index in [1.54, 1.807) is 0 Å². The zero-order chi connectivity index (χ0) is 17.1. The van der Waals surface area contributed by atoms with E-state index in [2.05, 4.69) is 63.2 Å². The Labute approximate surface area is 159 Å². The number of rotatable bonds is 0. The molecule has 0 aliphatic heterocycles. The third kappa shape index (κ3) is 3.86. The Morgan fingerprint density at radius 2 is 1.21 bits per heavy atom. The van der Waals surface area contributed by atoms with Crippen LogP contribution < -0.4 is 0 Å². The summed E-state index contributed by atoms with van der Waals surface area (Å²) in [6.07, 6.45) is 13.1. The summed E-state index contributed by atoms with van der Waals surface area (Å²) >= 11 is 2.35. The molecule has 0 N–H and O–H groups in total. The summed E-state index contributed by atoms with van der Waals surface area (Å²) in [4.78, 5) is 0. The van der Waals surface area contributed by atoms with Crippen LogP contribution in [-0.4, -0.2) is 19.6 Å². The van der Waals surface area contributed by atoms with Crippen molar-refractivity contribution in [1.82, 2.24) is 19.6 Å². The summed E-state index contributed by atoms with van der Waals surface area (Å²) < 4.78 is 5.34. The molecule has 2 aliphatic rings. The molecule has 0 saturated heterocycles. The highest BCUT2D eigenvalue weighted by Crippen LogP contribution is 2.24. The maximum absolute atomic E-state index is 4.45. The third-order valence-electron chi connectivity index (χ3n) is 5.38. The van der Waals surface area contributed by atoms with Crippen molar-refractivity contribution in [2.45, 2.75) is 71.1 Å². The molecule has 2 heterocycles. The van der Waals surface area contributed by atoms with Gasteiger partial charge in [-0.2, -0.15) is 10.2 Å². The predicted molar refractivity (Wildman–Crippen MR) is 106 cm³/mol. The number of nitrogens with zero attached hydrogens (tertiary/aromatic N) is 4. The van der Waals surface area contributed by atoms with Gasteiger partial charge in [-0.25, -0.2) is 0 Å². The second-order valence-electron chi connectivity index (χ2n) is 7.10. The summed E-state index contributed by atoms with van der Waals surface area (Å²) in [5, 5.41) is 8.89. The van der Waals surface area contributed by atoms with Gasteiger partial charge in [0.25, 0.3) is 0 Å². The Kier molecular flexibility index (Phi) is 6.00. The molecule has 2 aromatic heterocycles. The van der Waals surface area contributed by atoms with Gasteiger partial charge in [-0.3, -0.25) is 9.36 Å². The van der Waals surface area contributed by atoms with Crippen molar-refractivity contribution in [2.75, 3.05) is 0 Å². The molecule has 0 saturated carbocycles. The summed E-state index contributed by atoms with van der Waals surface area (Å²) in [7, 11) is 4.13. The molecular formula is C19H29IN4. The van der Waals surface area contributed by atoms with Crippen LogP contribution >= 0.6 is 22.6 Å². The Hall–Kier alpha value is -0.850. The van der Waals surface area contributed by atoms with Crippen LogP contribution in [0.3, 0.4) is 0 Å². The van der Waals surface area contributed by atoms with E-state index in [-0.39, 0.29) is 0 Å². The summed E-state index contributed by atoms with van der Waals surface area (Å²) in [6, 6.07) is 0. The van der Waals surface area contributed by atoms with Gasteiger partial charge in [-0.05, 0) is 86.4 Å². The van der Waals surface area contributed by atoms with E-state index < -0.39 is 0 Å². The Balaban J connectivity index is 0.000000141. The molecule has 132 valence electrons. The van der Waals surface area contributed by atoms with E-state index in [1.807, 2.05) is 0 Å². The largest absolute Gasteiger partial charge is 0.272 e. The molecule has 0 atom stereocenters. The average Bonchev–Trinajstić information content (AvgIpc) is 2.85. The van der Waals surface area contributed by atoms with Crippen LogP contribution in [0.25, 0.3) is 0 Å². The fourth-order valence-electron chi connectivity index (χ4n) is 4.06. The van der Waals surface area contributed by atoms with Crippen LogP contribution in [-0.2, 0) is 39.8 Å². The third-order valence-corrected chi connectivity index (χ3v) is 6.25. The van der Waals surface area contributed by atoms with E-state index >= 15 is 0 Å². The first kappa shape index (κ1) is 18.0. The normalized spacial score (nSPS) is 17.2. The van der Waals surface area contributed by atoms with Crippen LogP contribution in [0, 0.1) is 10.6 Å². The molecule has 0 radical (unpaired) electrons. The van der Waals surface area contributed by atoms with Gasteiger partial charge in [0.2, 0.25) is 0 Å². The van der Waals surface area contributed by atoms with Gasteiger partial charge in [-0.1, -0.05) is 12.8 Å². The Morgan fingerprint density at radius 3 is 1.88 bits per heavy atom. The quantitative estimate of drug-likeness (QED) is 0.453.